The minimum atomic E-state index is -0.423. The predicted molar refractivity (Wildman–Crippen MR) is 89.8 cm³/mol. The van der Waals surface area contributed by atoms with Crippen LogP contribution in [0.3, 0.4) is 0 Å². The van der Waals surface area contributed by atoms with Crippen molar-refractivity contribution in [2.24, 2.45) is 7.05 Å². The summed E-state index contributed by atoms with van der Waals surface area (Å²) >= 11 is 3.11. The predicted octanol–water partition coefficient (Wildman–Crippen LogP) is 3.64. The van der Waals surface area contributed by atoms with Gasteiger partial charge in [0.15, 0.2) is 0 Å². The Kier molecular flexibility index (Phi) is 4.27. The number of rotatable bonds is 2. The van der Waals surface area contributed by atoms with E-state index in [1.807, 2.05) is 7.05 Å². The van der Waals surface area contributed by atoms with Gasteiger partial charge in [0.2, 0.25) is 0 Å². The number of imidazole rings is 1. The molecule has 0 aliphatic carbocycles. The Hall–Kier alpha value is -1.69. The van der Waals surface area contributed by atoms with Gasteiger partial charge in [-0.1, -0.05) is 13.8 Å². The average Bonchev–Trinajstić information content (AvgIpc) is 2.86. The fourth-order valence-corrected chi connectivity index (χ4v) is 3.30. The Morgan fingerprint density at radius 2 is 2.13 bits per heavy atom. The lowest BCUT2D eigenvalue weighted by atomic mass is 10.1. The first-order valence-electron chi connectivity index (χ1n) is 7.67. The highest BCUT2D eigenvalue weighted by Crippen LogP contribution is 2.25. The van der Waals surface area contributed by atoms with Gasteiger partial charge in [-0.15, -0.1) is 0 Å². The van der Waals surface area contributed by atoms with E-state index in [9.17, 15) is 9.18 Å². The molecule has 1 aliphatic heterocycles. The summed E-state index contributed by atoms with van der Waals surface area (Å²) in [5, 5.41) is 0. The van der Waals surface area contributed by atoms with Crippen LogP contribution in [-0.4, -0.2) is 26.9 Å². The van der Waals surface area contributed by atoms with E-state index in [1.54, 1.807) is 17.0 Å². The average molecular weight is 380 g/mol. The summed E-state index contributed by atoms with van der Waals surface area (Å²) in [6, 6.07) is 4.48. The molecule has 1 aliphatic rings. The van der Waals surface area contributed by atoms with Crippen molar-refractivity contribution in [1.82, 2.24) is 14.5 Å². The van der Waals surface area contributed by atoms with Crippen LogP contribution < -0.4 is 0 Å². The molecule has 0 spiro atoms. The Balaban J connectivity index is 1.85. The highest BCUT2D eigenvalue weighted by Gasteiger charge is 2.27. The molecule has 0 saturated heterocycles. The van der Waals surface area contributed by atoms with E-state index >= 15 is 0 Å². The third-order valence-corrected chi connectivity index (χ3v) is 4.90. The van der Waals surface area contributed by atoms with Crippen molar-refractivity contribution in [3.05, 3.63) is 51.3 Å². The van der Waals surface area contributed by atoms with Gasteiger partial charge in [-0.2, -0.15) is 0 Å². The summed E-state index contributed by atoms with van der Waals surface area (Å²) in [6.45, 7) is 5.33. The highest BCUT2D eigenvalue weighted by molar-refractivity contribution is 9.10. The summed E-state index contributed by atoms with van der Waals surface area (Å²) in [5.41, 5.74) is 2.52. The monoisotopic (exact) mass is 379 g/mol. The number of hydrogen-bond acceptors (Lipinski definition) is 2. The topological polar surface area (TPSA) is 38.1 Å². The number of nitrogens with zero attached hydrogens (tertiary/aromatic N) is 3. The van der Waals surface area contributed by atoms with Gasteiger partial charge in [0, 0.05) is 37.2 Å². The number of carbonyl (C=O) groups excluding carboxylic acids is 1. The van der Waals surface area contributed by atoms with E-state index in [2.05, 4.69) is 34.3 Å². The van der Waals surface area contributed by atoms with E-state index in [1.165, 1.54) is 11.8 Å². The molecule has 0 bridgehead atoms. The maximum absolute atomic E-state index is 13.7. The molecule has 0 atom stereocenters. The van der Waals surface area contributed by atoms with Crippen LogP contribution in [0.2, 0.25) is 0 Å². The lowest BCUT2D eigenvalue weighted by molar-refractivity contribution is 0.0730. The highest BCUT2D eigenvalue weighted by atomic mass is 79.9. The fraction of sp³-hybridized carbons (Fsp3) is 0.412. The van der Waals surface area contributed by atoms with E-state index in [4.69, 9.17) is 4.98 Å². The molecule has 122 valence electrons. The molecule has 1 aromatic carbocycles. The van der Waals surface area contributed by atoms with Crippen molar-refractivity contribution in [3.63, 3.8) is 0 Å². The van der Waals surface area contributed by atoms with Crippen LogP contribution in [0.1, 0.15) is 47.3 Å². The largest absolute Gasteiger partial charge is 0.334 e. The first-order valence-corrected chi connectivity index (χ1v) is 8.46. The lowest BCUT2D eigenvalue weighted by Gasteiger charge is -2.27. The number of fused-ring (bicyclic) bond motifs is 1. The van der Waals surface area contributed by atoms with E-state index in [0.29, 0.717) is 29.0 Å². The molecular weight excluding hydrogens is 361 g/mol. The molecule has 1 aromatic heterocycles. The van der Waals surface area contributed by atoms with Gasteiger partial charge in [0.05, 0.1) is 16.7 Å². The summed E-state index contributed by atoms with van der Waals surface area (Å²) < 4.78 is 16.2. The maximum atomic E-state index is 13.7. The number of benzene rings is 1. The summed E-state index contributed by atoms with van der Waals surface area (Å²) in [7, 11) is 2.03. The van der Waals surface area contributed by atoms with Crippen molar-refractivity contribution < 1.29 is 9.18 Å². The SMILES string of the molecule is CC(C)c1nc2c(n1C)CCN(C(=O)c1ccc(Br)c(F)c1)C2. The van der Waals surface area contributed by atoms with Crippen LogP contribution in [0.4, 0.5) is 4.39 Å². The van der Waals surface area contributed by atoms with Crippen molar-refractivity contribution in [1.29, 1.82) is 0 Å². The van der Waals surface area contributed by atoms with Gasteiger partial charge in [-0.25, -0.2) is 9.37 Å². The van der Waals surface area contributed by atoms with Crippen molar-refractivity contribution in [3.8, 4) is 0 Å². The zero-order chi connectivity index (χ0) is 16.7. The first-order chi connectivity index (χ1) is 10.9. The molecule has 0 radical (unpaired) electrons. The Bertz CT molecular complexity index is 769. The van der Waals surface area contributed by atoms with Gasteiger partial charge >= 0.3 is 0 Å². The van der Waals surface area contributed by atoms with Crippen LogP contribution in [0.25, 0.3) is 0 Å². The lowest BCUT2D eigenvalue weighted by Crippen LogP contribution is -2.36. The number of halogens is 2. The summed E-state index contributed by atoms with van der Waals surface area (Å²) in [4.78, 5) is 19.0. The first kappa shape index (κ1) is 16.2. The third-order valence-electron chi connectivity index (χ3n) is 4.26. The van der Waals surface area contributed by atoms with E-state index in [-0.39, 0.29) is 5.91 Å². The molecule has 23 heavy (non-hydrogen) atoms. The second-order valence-corrected chi connectivity index (χ2v) is 7.04. The van der Waals surface area contributed by atoms with Crippen LogP contribution in [-0.2, 0) is 20.0 Å². The Labute approximate surface area is 143 Å². The summed E-state index contributed by atoms with van der Waals surface area (Å²) in [5.74, 6) is 0.807. The quantitative estimate of drug-likeness (QED) is 0.798. The molecule has 1 amide bonds. The van der Waals surface area contributed by atoms with Crippen molar-refractivity contribution in [2.45, 2.75) is 32.7 Å². The zero-order valence-corrected chi connectivity index (χ0v) is 15.0. The van der Waals surface area contributed by atoms with Gasteiger partial charge < -0.3 is 9.47 Å². The molecule has 2 aromatic rings. The Morgan fingerprint density at radius 1 is 1.39 bits per heavy atom. The molecule has 2 heterocycles. The third kappa shape index (κ3) is 2.92. The van der Waals surface area contributed by atoms with Crippen LogP contribution in [0.15, 0.2) is 22.7 Å². The van der Waals surface area contributed by atoms with Crippen LogP contribution in [0, 0.1) is 5.82 Å². The molecule has 0 fully saturated rings. The standard InChI is InChI=1S/C17H19BrFN3O/c1-10(2)16-20-14-9-22(7-6-15(14)21(16)3)17(23)11-4-5-12(18)13(19)8-11/h4-5,8,10H,6-7,9H2,1-3H3. The summed E-state index contributed by atoms with van der Waals surface area (Å²) in [6.07, 6.45) is 0.774. The van der Waals surface area contributed by atoms with Crippen molar-refractivity contribution >= 4 is 21.8 Å². The van der Waals surface area contributed by atoms with Crippen molar-refractivity contribution in [2.75, 3.05) is 6.54 Å². The number of aromatic nitrogens is 2. The second kappa shape index (κ2) is 6.07. The van der Waals surface area contributed by atoms with E-state index in [0.717, 1.165) is 17.9 Å². The van der Waals surface area contributed by atoms with Crippen LogP contribution in [0.5, 0.6) is 0 Å². The number of carbonyl (C=O) groups is 1. The minimum absolute atomic E-state index is 0.154. The number of hydrogen-bond donors (Lipinski definition) is 0. The second-order valence-electron chi connectivity index (χ2n) is 6.18. The molecule has 0 saturated carbocycles. The molecular formula is C17H19BrFN3O. The number of amides is 1. The fourth-order valence-electron chi connectivity index (χ4n) is 3.05. The van der Waals surface area contributed by atoms with E-state index < -0.39 is 5.82 Å². The molecule has 6 heteroatoms. The van der Waals surface area contributed by atoms with Gasteiger partial charge in [0.25, 0.3) is 5.91 Å². The zero-order valence-electron chi connectivity index (χ0n) is 13.4. The van der Waals surface area contributed by atoms with Gasteiger partial charge in [0.1, 0.15) is 11.6 Å². The molecule has 0 N–H and O–H groups in total. The van der Waals surface area contributed by atoms with Crippen LogP contribution >= 0.6 is 15.9 Å². The van der Waals surface area contributed by atoms with Gasteiger partial charge in [-0.3, -0.25) is 4.79 Å². The molecule has 4 nitrogen and oxygen atoms in total. The molecule has 3 rings (SSSR count). The maximum Gasteiger partial charge on any atom is 0.254 e. The Morgan fingerprint density at radius 3 is 2.78 bits per heavy atom. The smallest absolute Gasteiger partial charge is 0.254 e. The van der Waals surface area contributed by atoms with Gasteiger partial charge in [-0.05, 0) is 34.1 Å². The normalized spacial score (nSPS) is 14.3. The molecule has 0 unspecified atom stereocenters. The minimum Gasteiger partial charge on any atom is -0.334 e.